The van der Waals surface area contributed by atoms with E-state index in [9.17, 15) is 9.59 Å². The van der Waals surface area contributed by atoms with E-state index in [2.05, 4.69) is 0 Å². The van der Waals surface area contributed by atoms with Gasteiger partial charge >= 0.3 is 0 Å². The number of rotatable bonds is 9. The van der Waals surface area contributed by atoms with Crippen molar-refractivity contribution < 1.29 is 19.1 Å². The summed E-state index contributed by atoms with van der Waals surface area (Å²) in [5, 5.41) is 0. The lowest BCUT2D eigenvalue weighted by Crippen LogP contribution is -2.30. The van der Waals surface area contributed by atoms with Crippen LogP contribution in [-0.2, 0) is 11.2 Å². The van der Waals surface area contributed by atoms with Gasteiger partial charge in [0.2, 0.25) is 0 Å². The van der Waals surface area contributed by atoms with Crippen LogP contribution in [0, 0.1) is 0 Å². The summed E-state index contributed by atoms with van der Waals surface area (Å²) in [7, 11) is 1.61. The van der Waals surface area contributed by atoms with Gasteiger partial charge in [0, 0.05) is 30.6 Å². The first-order chi connectivity index (χ1) is 12.6. The Morgan fingerprint density at radius 2 is 1.77 bits per heavy atom. The zero-order valence-electron chi connectivity index (χ0n) is 15.5. The van der Waals surface area contributed by atoms with Crippen molar-refractivity contribution in [2.45, 2.75) is 20.3 Å². The van der Waals surface area contributed by atoms with Crippen LogP contribution in [0.2, 0.25) is 0 Å². The Bertz CT molecular complexity index is 736. The van der Waals surface area contributed by atoms with Crippen LogP contribution < -0.4 is 9.47 Å². The number of ether oxygens (including phenoxy) is 2. The van der Waals surface area contributed by atoms with E-state index in [0.29, 0.717) is 30.8 Å². The van der Waals surface area contributed by atoms with E-state index in [0.717, 1.165) is 23.2 Å². The molecule has 0 aromatic heterocycles. The molecule has 138 valence electrons. The normalized spacial score (nSPS) is 10.3. The third-order valence-corrected chi connectivity index (χ3v) is 4.22. The lowest BCUT2D eigenvalue weighted by Gasteiger charge is -2.18. The van der Waals surface area contributed by atoms with E-state index in [1.165, 1.54) is 0 Å². The summed E-state index contributed by atoms with van der Waals surface area (Å²) in [6.45, 7) is 5.34. The van der Waals surface area contributed by atoms with Gasteiger partial charge in [-0.25, -0.2) is 0 Å². The Labute approximate surface area is 154 Å². The van der Waals surface area contributed by atoms with Crippen LogP contribution >= 0.6 is 0 Å². The minimum absolute atomic E-state index is 0.0106. The third kappa shape index (κ3) is 4.85. The second-order valence-electron chi connectivity index (χ2n) is 5.80. The molecule has 0 atom stereocenters. The van der Waals surface area contributed by atoms with Crippen LogP contribution in [0.5, 0.6) is 11.5 Å². The van der Waals surface area contributed by atoms with Crippen LogP contribution in [0.25, 0.3) is 0 Å². The van der Waals surface area contributed by atoms with E-state index in [1.54, 1.807) is 24.1 Å². The van der Waals surface area contributed by atoms with Gasteiger partial charge in [-0.3, -0.25) is 9.59 Å². The average molecular weight is 355 g/mol. The largest absolute Gasteiger partial charge is 0.497 e. The van der Waals surface area contributed by atoms with Gasteiger partial charge in [0.15, 0.2) is 6.29 Å². The number of hydrogen-bond acceptors (Lipinski definition) is 4. The van der Waals surface area contributed by atoms with Gasteiger partial charge in [-0.1, -0.05) is 12.1 Å². The molecule has 0 heterocycles. The molecule has 0 saturated heterocycles. The number of methoxy groups -OCH3 is 1. The lowest BCUT2D eigenvalue weighted by atomic mass is 10.0. The van der Waals surface area contributed by atoms with Gasteiger partial charge in [0.05, 0.1) is 7.11 Å². The summed E-state index contributed by atoms with van der Waals surface area (Å²) in [4.78, 5) is 24.8. The predicted molar refractivity (Wildman–Crippen MR) is 101 cm³/mol. The molecule has 0 radical (unpaired) electrons. The van der Waals surface area contributed by atoms with Crippen molar-refractivity contribution in [3.8, 4) is 11.5 Å². The molecule has 2 aromatic rings. The highest BCUT2D eigenvalue weighted by atomic mass is 16.5. The molecule has 0 spiro atoms. The summed E-state index contributed by atoms with van der Waals surface area (Å²) in [5.41, 5.74) is 2.65. The molecule has 2 aromatic carbocycles. The molecular formula is C21H25NO4. The molecule has 0 aliphatic heterocycles. The maximum atomic E-state index is 12.4. The third-order valence-electron chi connectivity index (χ3n) is 4.22. The van der Waals surface area contributed by atoms with Crippen LogP contribution in [-0.4, -0.2) is 43.9 Å². The number of carbonyl (C=O) groups excluding carboxylic acids is 2. The topological polar surface area (TPSA) is 55.8 Å². The molecule has 0 unspecified atom stereocenters. The molecule has 26 heavy (non-hydrogen) atoms. The predicted octanol–water partition coefficient (Wildman–Crippen LogP) is 3.35. The summed E-state index contributed by atoms with van der Waals surface area (Å²) in [6.07, 6.45) is 1.34. The van der Waals surface area contributed by atoms with Gasteiger partial charge in [-0.05, 0) is 49.7 Å². The van der Waals surface area contributed by atoms with E-state index < -0.39 is 0 Å². The standard InChI is InChI=1S/C21H25NO4/c1-4-22(5-2)21(24)17-8-6-16(7-9-17)14-18-15-19(25-3)10-11-20(18)26-13-12-23/h6-12,15H,4-5,13-14H2,1-3H3. The number of nitrogens with zero attached hydrogens (tertiary/aromatic N) is 1. The van der Waals surface area contributed by atoms with E-state index in [-0.39, 0.29) is 12.5 Å². The van der Waals surface area contributed by atoms with Crippen molar-refractivity contribution in [2.24, 2.45) is 0 Å². The van der Waals surface area contributed by atoms with Crippen LogP contribution in [0.15, 0.2) is 42.5 Å². The maximum Gasteiger partial charge on any atom is 0.253 e. The number of carbonyl (C=O) groups is 2. The fraction of sp³-hybridized carbons (Fsp3) is 0.333. The lowest BCUT2D eigenvalue weighted by molar-refractivity contribution is -0.109. The molecule has 0 saturated carbocycles. The van der Waals surface area contributed by atoms with Gasteiger partial charge in [-0.15, -0.1) is 0 Å². The molecular weight excluding hydrogens is 330 g/mol. The molecule has 2 rings (SSSR count). The zero-order chi connectivity index (χ0) is 18.9. The maximum absolute atomic E-state index is 12.4. The Kier molecular flexibility index (Phi) is 7.21. The number of amides is 1. The van der Waals surface area contributed by atoms with E-state index in [4.69, 9.17) is 9.47 Å². The fourth-order valence-corrected chi connectivity index (χ4v) is 2.76. The van der Waals surface area contributed by atoms with Crippen LogP contribution in [0.1, 0.15) is 35.3 Å². The van der Waals surface area contributed by atoms with Gasteiger partial charge in [-0.2, -0.15) is 0 Å². The Balaban J connectivity index is 2.20. The number of hydrogen-bond donors (Lipinski definition) is 0. The van der Waals surface area contributed by atoms with Crippen molar-refractivity contribution in [3.63, 3.8) is 0 Å². The van der Waals surface area contributed by atoms with Crippen molar-refractivity contribution in [1.29, 1.82) is 0 Å². The van der Waals surface area contributed by atoms with Crippen LogP contribution in [0.3, 0.4) is 0 Å². The Morgan fingerprint density at radius 3 is 2.35 bits per heavy atom. The first-order valence-electron chi connectivity index (χ1n) is 8.74. The monoisotopic (exact) mass is 355 g/mol. The quantitative estimate of drug-likeness (QED) is 0.647. The molecule has 0 aliphatic rings. The summed E-state index contributed by atoms with van der Waals surface area (Å²) in [5.74, 6) is 1.42. The minimum Gasteiger partial charge on any atom is -0.497 e. The van der Waals surface area contributed by atoms with E-state index >= 15 is 0 Å². The number of benzene rings is 2. The van der Waals surface area contributed by atoms with Crippen molar-refractivity contribution >= 4 is 12.2 Å². The Hall–Kier alpha value is -2.82. The molecule has 1 amide bonds. The minimum atomic E-state index is 0.0106. The highest BCUT2D eigenvalue weighted by Gasteiger charge is 2.13. The number of aldehydes is 1. The average Bonchev–Trinajstić information content (AvgIpc) is 2.68. The molecule has 0 N–H and O–H groups in total. The van der Waals surface area contributed by atoms with Crippen molar-refractivity contribution in [3.05, 3.63) is 59.2 Å². The van der Waals surface area contributed by atoms with Gasteiger partial charge in [0.25, 0.3) is 5.91 Å². The van der Waals surface area contributed by atoms with Gasteiger partial charge in [0.1, 0.15) is 18.1 Å². The summed E-state index contributed by atoms with van der Waals surface area (Å²) < 4.78 is 10.8. The second-order valence-corrected chi connectivity index (χ2v) is 5.80. The SMILES string of the molecule is CCN(CC)C(=O)c1ccc(Cc2cc(OC)ccc2OCC=O)cc1. The van der Waals surface area contributed by atoms with E-state index in [1.807, 2.05) is 44.2 Å². The smallest absolute Gasteiger partial charge is 0.253 e. The van der Waals surface area contributed by atoms with Gasteiger partial charge < -0.3 is 14.4 Å². The molecule has 0 bridgehead atoms. The first-order valence-corrected chi connectivity index (χ1v) is 8.74. The second kappa shape index (κ2) is 9.61. The van der Waals surface area contributed by atoms with Crippen LogP contribution in [0.4, 0.5) is 0 Å². The molecule has 0 aliphatic carbocycles. The highest BCUT2D eigenvalue weighted by molar-refractivity contribution is 5.94. The zero-order valence-corrected chi connectivity index (χ0v) is 15.5. The molecule has 0 fully saturated rings. The Morgan fingerprint density at radius 1 is 1.08 bits per heavy atom. The molecule has 5 heteroatoms. The van der Waals surface area contributed by atoms with Crippen molar-refractivity contribution in [2.75, 3.05) is 26.8 Å². The first kappa shape index (κ1) is 19.5. The molecule has 5 nitrogen and oxygen atoms in total. The fourth-order valence-electron chi connectivity index (χ4n) is 2.76. The summed E-state index contributed by atoms with van der Waals surface area (Å²) >= 11 is 0. The summed E-state index contributed by atoms with van der Waals surface area (Å²) in [6, 6.07) is 13.1. The van der Waals surface area contributed by atoms with Crippen molar-refractivity contribution in [1.82, 2.24) is 4.90 Å². The highest BCUT2D eigenvalue weighted by Crippen LogP contribution is 2.26.